The Labute approximate surface area is 239 Å². The van der Waals surface area contributed by atoms with E-state index in [2.05, 4.69) is 38.0 Å². The summed E-state index contributed by atoms with van der Waals surface area (Å²) in [7, 11) is 1.65. The van der Waals surface area contributed by atoms with Crippen LogP contribution in [0.25, 0.3) is 6.08 Å². The molecule has 4 rings (SSSR count). The zero-order chi connectivity index (χ0) is 29.7. The lowest BCUT2D eigenvalue weighted by Crippen LogP contribution is -2.55. The Bertz CT molecular complexity index is 1120. The number of amides is 3. The van der Waals surface area contributed by atoms with E-state index in [-0.39, 0.29) is 5.78 Å². The third kappa shape index (κ3) is 7.71. The molecule has 1 saturated heterocycles. The summed E-state index contributed by atoms with van der Waals surface area (Å²) >= 11 is 0. The Morgan fingerprint density at radius 2 is 1.82 bits per heavy atom. The standard InChI is InChI=1S/C26H35N7O3.2C2H6/c1-4-10-33-19(2)23(30(3)26(36)29-18-34)16-28-25(33)32-13-11-31(12-14-32)17-24(35)21-15-27-22-9-7-5-6-8-20(21)22;2*1-2/h5-7,9,15,18,27H,4,8,10-14,16-17H2,1-3H3,(H,29,34,36);2*1-2H3. The molecule has 3 heterocycles. The molecule has 0 saturated carbocycles. The number of carbonyl (C=O) groups is 3. The molecule has 2 N–H and O–H groups in total. The number of piperazine rings is 1. The number of carbonyl (C=O) groups excluding carboxylic acids is 3. The molecule has 1 aliphatic carbocycles. The summed E-state index contributed by atoms with van der Waals surface area (Å²) in [5, 5.41) is 2.19. The lowest BCUT2D eigenvalue weighted by molar-refractivity contribution is -0.108. The maximum Gasteiger partial charge on any atom is 0.327 e. The largest absolute Gasteiger partial charge is 0.361 e. The second kappa shape index (κ2) is 16.4. The van der Waals surface area contributed by atoms with E-state index in [1.165, 1.54) is 4.90 Å². The first-order valence-electron chi connectivity index (χ1n) is 14.5. The summed E-state index contributed by atoms with van der Waals surface area (Å²) < 4.78 is 0. The molecule has 0 spiro atoms. The minimum Gasteiger partial charge on any atom is -0.361 e. The van der Waals surface area contributed by atoms with Crippen LogP contribution in [0, 0.1) is 0 Å². The van der Waals surface area contributed by atoms with Crippen molar-refractivity contribution in [2.24, 2.45) is 4.99 Å². The number of nitrogens with zero attached hydrogens (tertiary/aromatic N) is 5. The summed E-state index contributed by atoms with van der Waals surface area (Å²) in [6.45, 7) is 16.7. The summed E-state index contributed by atoms with van der Waals surface area (Å²) in [6.07, 6.45) is 12.0. The normalized spacial score (nSPS) is 16.5. The average Bonchev–Trinajstić information content (AvgIpc) is 3.25. The Morgan fingerprint density at radius 1 is 1.12 bits per heavy atom. The van der Waals surface area contributed by atoms with Crippen molar-refractivity contribution >= 4 is 30.3 Å². The molecule has 0 radical (unpaired) electrons. The molecule has 0 unspecified atom stereocenters. The maximum atomic E-state index is 13.1. The number of likely N-dealkylation sites (N-methyl/N-ethyl adjacent to an activating group) is 1. The van der Waals surface area contributed by atoms with Crippen molar-refractivity contribution in [3.63, 3.8) is 0 Å². The van der Waals surface area contributed by atoms with E-state index in [4.69, 9.17) is 4.99 Å². The van der Waals surface area contributed by atoms with Crippen molar-refractivity contribution in [3.05, 3.63) is 52.6 Å². The van der Waals surface area contributed by atoms with Gasteiger partial charge in [0.15, 0.2) is 5.78 Å². The Balaban J connectivity index is 0.00000134. The summed E-state index contributed by atoms with van der Waals surface area (Å²) in [4.78, 5) is 52.1. The van der Waals surface area contributed by atoms with Gasteiger partial charge in [0.1, 0.15) is 0 Å². The second-order valence-electron chi connectivity index (χ2n) is 9.20. The van der Waals surface area contributed by atoms with Crippen LogP contribution in [0.2, 0.25) is 0 Å². The van der Waals surface area contributed by atoms with Crippen LogP contribution in [0.15, 0.2) is 40.8 Å². The average molecular weight is 554 g/mol. The van der Waals surface area contributed by atoms with Crippen molar-refractivity contribution in [1.82, 2.24) is 29.9 Å². The molecule has 1 fully saturated rings. The molecule has 40 heavy (non-hydrogen) atoms. The van der Waals surface area contributed by atoms with Crippen molar-refractivity contribution in [2.75, 3.05) is 52.9 Å². The number of Topliss-reactive ketones (excluding diaryl/α,β-unsaturated/α-hetero) is 1. The van der Waals surface area contributed by atoms with Crippen LogP contribution in [-0.4, -0.2) is 102 Å². The van der Waals surface area contributed by atoms with Crippen LogP contribution in [0.1, 0.15) is 69.6 Å². The zero-order valence-electron chi connectivity index (χ0n) is 25.3. The highest BCUT2D eigenvalue weighted by molar-refractivity contribution is 6.00. The minimum absolute atomic E-state index is 0.146. The van der Waals surface area contributed by atoms with Crippen LogP contribution < -0.4 is 5.32 Å². The number of rotatable bonds is 7. The number of aromatic amines is 1. The number of hydrogen-bond acceptors (Lipinski definition) is 7. The predicted octanol–water partition coefficient (Wildman–Crippen LogP) is 4.10. The molecule has 2 aliphatic heterocycles. The molecular formula is C30H47N7O3. The number of aromatic nitrogens is 1. The van der Waals surface area contributed by atoms with Gasteiger partial charge >= 0.3 is 6.03 Å². The quantitative estimate of drug-likeness (QED) is 0.389. The topological polar surface area (TPSA) is 104 Å². The highest BCUT2D eigenvalue weighted by Crippen LogP contribution is 2.23. The number of urea groups is 1. The van der Waals surface area contributed by atoms with Crippen LogP contribution in [0.5, 0.6) is 0 Å². The van der Waals surface area contributed by atoms with Gasteiger partial charge in [-0.1, -0.05) is 52.8 Å². The number of nitrogens with one attached hydrogen (secondary N) is 2. The molecule has 1 aromatic rings. The van der Waals surface area contributed by atoms with Gasteiger partial charge in [-0.05, 0) is 31.4 Å². The number of ketones is 1. The minimum atomic E-state index is -0.473. The van der Waals surface area contributed by atoms with Gasteiger partial charge in [-0.2, -0.15) is 0 Å². The number of guanidine groups is 1. The molecule has 0 atom stereocenters. The van der Waals surface area contributed by atoms with Crippen LogP contribution in [0.4, 0.5) is 4.79 Å². The third-order valence-electron chi connectivity index (χ3n) is 6.95. The fraction of sp³-hybridized carbons (Fsp3) is 0.533. The molecule has 0 aromatic carbocycles. The van der Waals surface area contributed by atoms with E-state index in [9.17, 15) is 14.4 Å². The maximum absolute atomic E-state index is 13.1. The van der Waals surface area contributed by atoms with E-state index in [1.54, 1.807) is 7.05 Å². The molecule has 10 heteroatoms. The first-order chi connectivity index (χ1) is 19.4. The Kier molecular flexibility index (Phi) is 13.4. The number of hydrogen-bond donors (Lipinski definition) is 2. The van der Waals surface area contributed by atoms with Gasteiger partial charge in [0.2, 0.25) is 12.4 Å². The number of aliphatic imine (C=N–C) groups is 1. The van der Waals surface area contributed by atoms with Crippen LogP contribution >= 0.6 is 0 Å². The van der Waals surface area contributed by atoms with Gasteiger partial charge in [-0.3, -0.25) is 24.7 Å². The van der Waals surface area contributed by atoms with Crippen LogP contribution in [0.3, 0.4) is 0 Å². The highest BCUT2D eigenvalue weighted by Gasteiger charge is 2.30. The monoisotopic (exact) mass is 553 g/mol. The number of H-pyrrole nitrogens is 1. The first-order valence-corrected chi connectivity index (χ1v) is 14.5. The molecule has 0 bridgehead atoms. The lowest BCUT2D eigenvalue weighted by atomic mass is 10.0. The first kappa shape index (κ1) is 32.6. The van der Waals surface area contributed by atoms with Gasteiger partial charge in [0, 0.05) is 62.9 Å². The summed E-state index contributed by atoms with van der Waals surface area (Å²) in [6, 6.07) is -0.473. The van der Waals surface area contributed by atoms with E-state index in [1.807, 2.05) is 59.0 Å². The van der Waals surface area contributed by atoms with Crippen molar-refractivity contribution in [3.8, 4) is 0 Å². The van der Waals surface area contributed by atoms with E-state index >= 15 is 0 Å². The van der Waals surface area contributed by atoms with E-state index < -0.39 is 6.03 Å². The van der Waals surface area contributed by atoms with Gasteiger partial charge in [-0.25, -0.2) is 9.79 Å². The molecule has 10 nitrogen and oxygen atoms in total. The molecule has 3 aliphatic rings. The number of imide groups is 1. The number of fused-ring (bicyclic) bond motifs is 1. The Morgan fingerprint density at radius 3 is 2.48 bits per heavy atom. The molecule has 1 aromatic heterocycles. The summed E-state index contributed by atoms with van der Waals surface area (Å²) in [5.41, 5.74) is 4.59. The SMILES string of the molecule is CC.CC.CCCN1C(N2CCN(CC(=O)c3c[nH]c4c3CC=CC=C4)CC2)=NCC(N(C)C(=O)NC=O)=C1C. The van der Waals surface area contributed by atoms with E-state index in [0.717, 1.165) is 79.7 Å². The molecular weight excluding hydrogens is 506 g/mol. The fourth-order valence-corrected chi connectivity index (χ4v) is 4.93. The second-order valence-corrected chi connectivity index (χ2v) is 9.20. The Hall–Kier alpha value is -3.66. The zero-order valence-corrected chi connectivity index (χ0v) is 25.3. The van der Waals surface area contributed by atoms with Crippen molar-refractivity contribution < 1.29 is 14.4 Å². The smallest absolute Gasteiger partial charge is 0.327 e. The van der Waals surface area contributed by atoms with E-state index in [0.29, 0.717) is 19.5 Å². The highest BCUT2D eigenvalue weighted by atomic mass is 16.2. The van der Waals surface area contributed by atoms with Gasteiger partial charge in [-0.15, -0.1) is 0 Å². The van der Waals surface area contributed by atoms with Crippen LogP contribution in [-0.2, 0) is 11.2 Å². The van der Waals surface area contributed by atoms with Gasteiger partial charge in [0.05, 0.1) is 18.8 Å². The predicted molar refractivity (Wildman–Crippen MR) is 162 cm³/mol. The van der Waals surface area contributed by atoms with Gasteiger partial charge < -0.3 is 14.8 Å². The van der Waals surface area contributed by atoms with Gasteiger partial charge in [0.25, 0.3) is 0 Å². The number of allylic oxidation sites excluding steroid dienone is 4. The molecule has 220 valence electrons. The molecule has 3 amide bonds. The van der Waals surface area contributed by atoms with Crippen molar-refractivity contribution in [1.29, 1.82) is 0 Å². The van der Waals surface area contributed by atoms with Crippen molar-refractivity contribution in [2.45, 2.75) is 54.4 Å². The third-order valence-corrected chi connectivity index (χ3v) is 6.95. The summed E-state index contributed by atoms with van der Waals surface area (Å²) in [5.74, 6) is 1.05. The fourth-order valence-electron chi connectivity index (χ4n) is 4.93. The lowest BCUT2D eigenvalue weighted by Gasteiger charge is -2.42.